The van der Waals surface area contributed by atoms with Crippen LogP contribution in [0.3, 0.4) is 0 Å². The highest BCUT2D eigenvalue weighted by Gasteiger charge is 2.56. The molecule has 0 N–H and O–H groups in total. The van der Waals surface area contributed by atoms with Crippen molar-refractivity contribution >= 4 is 95.4 Å². The first-order valence-corrected chi connectivity index (χ1v) is 27.0. The van der Waals surface area contributed by atoms with E-state index in [9.17, 15) is 0 Å². The van der Waals surface area contributed by atoms with Crippen molar-refractivity contribution in [3.63, 3.8) is 0 Å². The summed E-state index contributed by atoms with van der Waals surface area (Å²) in [6, 6.07) is 69.1. The van der Waals surface area contributed by atoms with E-state index in [1.54, 1.807) is 5.19 Å². The summed E-state index contributed by atoms with van der Waals surface area (Å²) < 4.78 is 5.55. The summed E-state index contributed by atoms with van der Waals surface area (Å²) in [4.78, 5) is 0. The van der Waals surface area contributed by atoms with Crippen LogP contribution in [-0.4, -0.2) is 23.9 Å². The second-order valence-corrected chi connectivity index (χ2v) is 24.9. The number of hydrogen-bond acceptors (Lipinski definition) is 0. The summed E-state index contributed by atoms with van der Waals surface area (Å²) in [6.45, 7) is 14.6. The van der Waals surface area contributed by atoms with Gasteiger partial charge in [0.25, 0.3) is 6.71 Å². The van der Waals surface area contributed by atoms with Gasteiger partial charge >= 0.3 is 0 Å². The van der Waals surface area contributed by atoms with Crippen molar-refractivity contribution in [3.8, 4) is 44.9 Å². The Bertz CT molecular complexity index is 3980. The van der Waals surface area contributed by atoms with Crippen LogP contribution in [0, 0.1) is 11.8 Å². The first-order valence-electron chi connectivity index (χ1n) is 25.0. The average molecular weight is 887 g/mol. The minimum atomic E-state index is -2.97. The number of aromatic nitrogens is 2. The maximum absolute atomic E-state index is 2.97. The maximum Gasteiger partial charge on any atom is 0.253 e. The summed E-state index contributed by atoms with van der Waals surface area (Å²) in [7, 11) is -2.97. The molecule has 2 nitrogen and oxygen atoms in total. The molecule has 324 valence electrons. The van der Waals surface area contributed by atoms with Crippen LogP contribution < -0.4 is 37.1 Å². The summed E-state index contributed by atoms with van der Waals surface area (Å²) >= 11 is 0. The molecule has 9 aromatic carbocycles. The van der Waals surface area contributed by atoms with Crippen LogP contribution in [0.4, 0.5) is 0 Å². The van der Waals surface area contributed by atoms with Crippen LogP contribution in [0.1, 0.15) is 64.5 Å². The Morgan fingerprint density at radius 1 is 0.426 bits per heavy atom. The molecule has 1 spiro atoms. The third-order valence-corrected chi connectivity index (χ3v) is 22.4. The van der Waals surface area contributed by atoms with Crippen molar-refractivity contribution in [2.45, 2.75) is 53.4 Å². The highest BCUT2D eigenvalue weighted by atomic mass is 28.3. The Labute approximate surface area is 399 Å². The van der Waals surface area contributed by atoms with Crippen LogP contribution in [0.2, 0.25) is 0 Å². The Hall–Kier alpha value is -7.14. The van der Waals surface area contributed by atoms with Gasteiger partial charge < -0.3 is 9.13 Å². The van der Waals surface area contributed by atoms with Crippen molar-refractivity contribution in [1.29, 1.82) is 0 Å². The molecule has 11 aromatic rings. The van der Waals surface area contributed by atoms with Gasteiger partial charge in [-0.2, -0.15) is 0 Å². The molecule has 0 saturated carbocycles. The van der Waals surface area contributed by atoms with E-state index in [4.69, 9.17) is 0 Å². The predicted molar refractivity (Wildman–Crippen MR) is 293 cm³/mol. The van der Waals surface area contributed by atoms with Gasteiger partial charge in [-0.1, -0.05) is 193 Å². The van der Waals surface area contributed by atoms with Crippen molar-refractivity contribution in [3.05, 3.63) is 187 Å². The molecule has 0 aliphatic carbocycles. The fraction of sp³-hybridized carbons (Fsp3) is 0.156. The summed E-state index contributed by atoms with van der Waals surface area (Å²) in [6.07, 6.45) is 0. The van der Waals surface area contributed by atoms with Crippen molar-refractivity contribution < 1.29 is 0 Å². The molecule has 15 rings (SSSR count). The molecule has 0 saturated heterocycles. The Morgan fingerprint density at radius 2 is 1.01 bits per heavy atom. The molecule has 4 aliphatic rings. The van der Waals surface area contributed by atoms with Crippen LogP contribution in [0.25, 0.3) is 88.4 Å². The highest BCUT2D eigenvalue weighted by Crippen LogP contribution is 2.48. The Balaban J connectivity index is 1.23. The minimum Gasteiger partial charge on any atom is -0.310 e. The van der Waals surface area contributed by atoms with E-state index in [1.165, 1.54) is 131 Å². The monoisotopic (exact) mass is 886 g/mol. The van der Waals surface area contributed by atoms with E-state index >= 15 is 0 Å². The highest BCUT2D eigenvalue weighted by molar-refractivity contribution is 7.24. The van der Waals surface area contributed by atoms with Gasteiger partial charge in [-0.3, -0.25) is 0 Å². The second kappa shape index (κ2) is 13.5. The average Bonchev–Trinajstić information content (AvgIpc) is 4.00. The van der Waals surface area contributed by atoms with Crippen molar-refractivity contribution in [2.24, 2.45) is 11.8 Å². The molecule has 2 unspecified atom stereocenters. The van der Waals surface area contributed by atoms with Gasteiger partial charge in [0.1, 0.15) is 0 Å². The van der Waals surface area contributed by atoms with Gasteiger partial charge in [-0.15, -0.1) is 0 Å². The molecule has 68 heavy (non-hydrogen) atoms. The lowest BCUT2D eigenvalue weighted by molar-refractivity contribution is 0.535. The smallest absolute Gasteiger partial charge is 0.253 e. The van der Waals surface area contributed by atoms with E-state index in [2.05, 4.69) is 227 Å². The second-order valence-electron chi connectivity index (χ2n) is 21.2. The topological polar surface area (TPSA) is 9.86 Å². The third kappa shape index (κ3) is 4.61. The maximum atomic E-state index is 2.83. The lowest BCUT2D eigenvalue weighted by Gasteiger charge is -2.43. The zero-order valence-corrected chi connectivity index (χ0v) is 40.5. The molecule has 4 aliphatic heterocycles. The summed E-state index contributed by atoms with van der Waals surface area (Å²) in [5.74, 6) is 1.77. The van der Waals surface area contributed by atoms with Crippen LogP contribution in [0.5, 0.6) is 0 Å². The largest absolute Gasteiger partial charge is 0.310 e. The molecule has 6 heterocycles. The van der Waals surface area contributed by atoms with E-state index in [1.807, 2.05) is 0 Å². The standard InChI is InChI=1S/C64H51BN2Si/c1-36(2)38(5)43-32-48-49-33-44(39(6)37(3)4)35-56-62(49)67-61(48)51(34-43)65-58-45-24-14-13-23-42(45)31-50-57(40-19-9-7-10-20-40)60(41-21-11-8-12-22-41)66(63(50)58)52-29-30-55(64(67)59(52)65)68(56)53-27-17-15-25-46(53)47-26-16-18-28-54(47)68/h7-39H,1-6H3. The van der Waals surface area contributed by atoms with E-state index in [0.29, 0.717) is 23.7 Å². The number of hydrogen-bond donors (Lipinski definition) is 0. The first kappa shape index (κ1) is 38.9. The molecule has 2 aromatic heterocycles. The molecule has 0 amide bonds. The number of rotatable bonds is 6. The fourth-order valence-corrected chi connectivity index (χ4v) is 19.5. The zero-order chi connectivity index (χ0) is 45.5. The van der Waals surface area contributed by atoms with E-state index in [0.717, 1.165) is 0 Å². The molecular formula is C64H51BN2Si. The normalized spacial score (nSPS) is 15.1. The molecule has 0 bridgehead atoms. The van der Waals surface area contributed by atoms with Gasteiger partial charge in [-0.25, -0.2) is 0 Å². The number of fused-ring (bicyclic) bond motifs is 13. The van der Waals surface area contributed by atoms with Gasteiger partial charge in [0.2, 0.25) is 0 Å². The summed E-state index contributed by atoms with van der Waals surface area (Å²) in [5.41, 5.74) is 22.0. The quantitative estimate of drug-likeness (QED) is 0.147. The van der Waals surface area contributed by atoms with Gasteiger partial charge in [-0.05, 0) is 129 Å². The summed E-state index contributed by atoms with van der Waals surface area (Å²) in [5, 5.41) is 13.0. The SMILES string of the molecule is CC(C)C(C)c1cc2c3c(c1)c1cc(C(C)C(C)C)cc4c1n3-c1c(ccc3c1B2c1c2ccccc2cc2c(-c5ccccc5)c(-c5ccccc5)n-3c12)[Si]41c2ccccc2-c2ccccc21. The number of nitrogens with zero attached hydrogens (tertiary/aromatic N) is 2. The lowest BCUT2D eigenvalue weighted by atomic mass is 9.33. The Kier molecular flexibility index (Phi) is 7.74. The molecule has 4 heteroatoms. The zero-order valence-electron chi connectivity index (χ0n) is 39.5. The van der Waals surface area contributed by atoms with E-state index < -0.39 is 8.07 Å². The van der Waals surface area contributed by atoms with Crippen LogP contribution in [-0.2, 0) is 0 Å². The van der Waals surface area contributed by atoms with E-state index in [-0.39, 0.29) is 6.71 Å². The predicted octanol–water partition coefficient (Wildman–Crippen LogP) is 11.5. The fourth-order valence-electron chi connectivity index (χ4n) is 13.9. The Morgan fingerprint density at radius 3 is 1.69 bits per heavy atom. The van der Waals surface area contributed by atoms with Gasteiger partial charge in [0.15, 0.2) is 8.07 Å². The minimum absolute atomic E-state index is 0.00960. The van der Waals surface area contributed by atoms with Crippen molar-refractivity contribution in [2.75, 3.05) is 0 Å². The van der Waals surface area contributed by atoms with Crippen LogP contribution in [0.15, 0.2) is 176 Å². The van der Waals surface area contributed by atoms with Crippen LogP contribution >= 0.6 is 0 Å². The third-order valence-electron chi connectivity index (χ3n) is 17.5. The van der Waals surface area contributed by atoms with Gasteiger partial charge in [0.05, 0.1) is 16.7 Å². The molecular weight excluding hydrogens is 836 g/mol. The molecule has 0 radical (unpaired) electrons. The molecule has 0 fully saturated rings. The van der Waals surface area contributed by atoms with Crippen molar-refractivity contribution in [1.82, 2.24) is 9.13 Å². The number of benzene rings is 9. The molecule has 2 atom stereocenters. The van der Waals surface area contributed by atoms with Gasteiger partial charge in [0, 0.05) is 38.6 Å². The lowest BCUT2D eigenvalue weighted by Crippen LogP contribution is -2.77. The first-order chi connectivity index (χ1) is 33.3.